The van der Waals surface area contributed by atoms with Gasteiger partial charge in [-0.25, -0.2) is 13.9 Å². The highest BCUT2D eigenvalue weighted by atomic mass is 31.2. The molecule has 3 saturated heterocycles. The first-order valence-corrected chi connectivity index (χ1v) is 33.5. The molecular weight excluding hydrogens is 1250 g/mol. The zero-order valence-corrected chi connectivity index (χ0v) is 54.3. The highest BCUT2D eigenvalue weighted by molar-refractivity contribution is 7.47. The van der Waals surface area contributed by atoms with Crippen LogP contribution >= 0.6 is 15.6 Å². The molecule has 3 fully saturated rings. The molecule has 0 aromatic heterocycles. The van der Waals surface area contributed by atoms with E-state index in [9.17, 15) is 66.9 Å². The smallest absolute Gasteiger partial charge is 0.456 e. The fraction of sp³-hybridized carbons (Fsp3) is 0.692. The molecule has 17 atom stereocenters. The zero-order chi connectivity index (χ0) is 66.9. The summed E-state index contributed by atoms with van der Waals surface area (Å²) in [5, 5.41) is 9.29. The maximum Gasteiger partial charge on any atom is 0.474 e. The van der Waals surface area contributed by atoms with Crippen LogP contribution in [0.1, 0.15) is 88.6 Å². The molecule has 502 valence electrons. The average molecular weight is 1330 g/mol. The Hall–Kier alpha value is -6.04. The van der Waals surface area contributed by atoms with Crippen molar-refractivity contribution >= 4 is 83.6 Å². The third-order valence-electron chi connectivity index (χ3n) is 13.4. The van der Waals surface area contributed by atoms with Crippen LogP contribution in [0.4, 0.5) is 4.79 Å². The second-order valence-electron chi connectivity index (χ2n) is 21.9. The summed E-state index contributed by atoms with van der Waals surface area (Å²) in [6.45, 7) is 14.8. The first-order valence-electron chi connectivity index (χ1n) is 27.6. The highest BCUT2D eigenvalue weighted by Gasteiger charge is 2.57. The Labute approximate surface area is 513 Å². The topological polar surface area (TPSA) is 441 Å². The van der Waals surface area contributed by atoms with Crippen LogP contribution < -0.4 is 21.3 Å². The minimum absolute atomic E-state index is 0.0767. The molecule has 2 unspecified atom stereocenters. The quantitative estimate of drug-likeness (QED) is 0.0228. The summed E-state index contributed by atoms with van der Waals surface area (Å²) in [7, 11) is -14.1. The summed E-state index contributed by atoms with van der Waals surface area (Å²) < 4.78 is 119. The molecule has 34 nitrogen and oxygen atoms in total. The standard InChI is InChI=1S/C52H80N4O30P2Si/c1-26(57)54-39-45(79-32(7)63)42(76-29(4)60)36(82-48(39)71-21-20-53-51(66)72-22-35-18-16-15-17-19-35)23-73-87(67,68)85-49-40(55-27(2)58)46(80-33(8)64)43(77-30(5)61)37(83-49)24-74-88(69,70)86-50-41(56-28(3)59)47(81-34(9)65)44(78-31(6)62)38(84-50)25-75-89(13,14)52(10,11)12/h15-19,36-50H,20-25H2,1-14H3,(H,53,66)(H,54,57)(H,55,58)(H,56,59)(H,67,68)(H,69,70)/t36-,37-,38-,39+,40+,41+,42-,43-,44-,45-,46-,47-,48+,49-,50-/m1/s1. The van der Waals surface area contributed by atoms with E-state index in [1.54, 1.807) is 30.3 Å². The molecule has 37 heteroatoms. The molecule has 89 heavy (non-hydrogen) atoms. The maximum absolute atomic E-state index is 14.2. The summed E-state index contributed by atoms with van der Waals surface area (Å²) in [5.74, 6) is -8.57. The zero-order valence-electron chi connectivity index (χ0n) is 51.5. The van der Waals surface area contributed by atoms with Gasteiger partial charge in [0, 0.05) is 68.9 Å². The number of phosphoric ester groups is 2. The lowest BCUT2D eigenvalue weighted by molar-refractivity contribution is -0.277. The van der Waals surface area contributed by atoms with Crippen LogP contribution in [0.3, 0.4) is 0 Å². The molecule has 3 heterocycles. The Morgan fingerprint density at radius 2 is 0.854 bits per heavy atom. The summed E-state index contributed by atoms with van der Waals surface area (Å²) >= 11 is 0. The molecule has 4 rings (SSSR count). The van der Waals surface area contributed by atoms with Crippen molar-refractivity contribution in [2.24, 2.45) is 0 Å². The number of ether oxygens (including phenoxy) is 11. The SMILES string of the molecule is CC(=O)N[C@@H]1[C@@H](OP(=O)(O)OC[C@H]2O[C@H](OP(=O)(O)OC[C@H]3O[C@H](OCCNC(=O)OCc4ccccc4)[C@@H](NC(C)=O)[C@@H](OC(C)=O)[C@@H]3OC(C)=O)[C@@H](NC(C)=O)[C@@H](OC(C)=O)[C@@H]2OC(C)=O)O[C@H](CO[Si](C)(C)C(C)(C)C)[C@@H](OC(C)=O)[C@@H]1OC(C)=O. The fourth-order valence-electron chi connectivity index (χ4n) is 8.86. The van der Waals surface area contributed by atoms with E-state index in [2.05, 4.69) is 21.3 Å². The number of benzene rings is 1. The number of carbonyl (C=O) groups excluding carboxylic acids is 10. The summed E-state index contributed by atoms with van der Waals surface area (Å²) in [6, 6.07) is 3.56. The molecule has 3 aliphatic heterocycles. The normalized spacial score (nSPS) is 28.3. The second-order valence-corrected chi connectivity index (χ2v) is 29.5. The van der Waals surface area contributed by atoms with Gasteiger partial charge in [0.25, 0.3) is 0 Å². The van der Waals surface area contributed by atoms with E-state index in [0.717, 1.165) is 62.3 Å². The van der Waals surface area contributed by atoms with E-state index in [-0.39, 0.29) is 26.4 Å². The lowest BCUT2D eigenvalue weighted by atomic mass is 9.96. The van der Waals surface area contributed by atoms with E-state index in [4.69, 9.17) is 74.6 Å². The molecule has 0 radical (unpaired) electrons. The Morgan fingerprint density at radius 1 is 0.517 bits per heavy atom. The van der Waals surface area contributed by atoms with Crippen molar-refractivity contribution in [1.29, 1.82) is 0 Å². The van der Waals surface area contributed by atoms with E-state index < -0.39 is 194 Å². The van der Waals surface area contributed by atoms with Crippen molar-refractivity contribution in [1.82, 2.24) is 21.3 Å². The molecule has 6 N–H and O–H groups in total. The van der Waals surface area contributed by atoms with E-state index >= 15 is 0 Å². The van der Waals surface area contributed by atoms with Gasteiger partial charge < -0.3 is 87.6 Å². The van der Waals surface area contributed by atoms with Crippen LogP contribution in [-0.2, 0) is 134 Å². The van der Waals surface area contributed by atoms with Gasteiger partial charge in [0.15, 0.2) is 63.8 Å². The largest absolute Gasteiger partial charge is 0.474 e. The molecule has 0 saturated carbocycles. The van der Waals surface area contributed by atoms with E-state index in [1.807, 2.05) is 33.9 Å². The molecular formula is C52H80N4O30P2Si. The third kappa shape index (κ3) is 24.3. The number of rotatable bonds is 28. The van der Waals surface area contributed by atoms with Gasteiger partial charge >= 0.3 is 57.6 Å². The lowest BCUT2D eigenvalue weighted by Crippen LogP contribution is -2.67. The van der Waals surface area contributed by atoms with Gasteiger partial charge in [0.1, 0.15) is 43.0 Å². The number of hydrogen-bond donors (Lipinski definition) is 6. The predicted molar refractivity (Wildman–Crippen MR) is 300 cm³/mol. The van der Waals surface area contributed by atoms with Crippen LogP contribution in [0.2, 0.25) is 18.1 Å². The minimum Gasteiger partial charge on any atom is -0.456 e. The molecule has 4 amide bonds. The number of carbonyl (C=O) groups is 10. The summed E-state index contributed by atoms with van der Waals surface area (Å²) in [4.78, 5) is 149. The Morgan fingerprint density at radius 3 is 1.20 bits per heavy atom. The number of phosphoric acid groups is 2. The van der Waals surface area contributed by atoms with Crippen molar-refractivity contribution in [2.45, 2.75) is 200 Å². The van der Waals surface area contributed by atoms with Crippen molar-refractivity contribution in [3.05, 3.63) is 35.9 Å². The van der Waals surface area contributed by atoms with Gasteiger partial charge in [-0.05, 0) is 23.7 Å². The van der Waals surface area contributed by atoms with Crippen molar-refractivity contribution < 1.29 is 141 Å². The predicted octanol–water partition coefficient (Wildman–Crippen LogP) is 1.50. The lowest BCUT2D eigenvalue weighted by Gasteiger charge is -2.46. The number of hydrogen-bond acceptors (Lipinski definition) is 28. The third-order valence-corrected chi connectivity index (χ3v) is 19.8. The number of alkyl carbamates (subject to hydrolysis) is 1. The Kier molecular flexibility index (Phi) is 28.2. The molecule has 1 aromatic carbocycles. The van der Waals surface area contributed by atoms with Crippen molar-refractivity contribution in [3.8, 4) is 0 Å². The van der Waals surface area contributed by atoms with Crippen LogP contribution in [0.15, 0.2) is 30.3 Å². The molecule has 0 bridgehead atoms. The van der Waals surface area contributed by atoms with Crippen LogP contribution in [0.25, 0.3) is 0 Å². The Balaban J connectivity index is 1.69. The molecule has 0 aliphatic carbocycles. The van der Waals surface area contributed by atoms with Crippen LogP contribution in [-0.4, -0.2) is 203 Å². The molecule has 0 spiro atoms. The first-order chi connectivity index (χ1) is 41.3. The summed E-state index contributed by atoms with van der Waals surface area (Å²) in [6.07, 6.45) is -22.9. The number of amides is 4. The van der Waals surface area contributed by atoms with Gasteiger partial charge in [-0.2, -0.15) is 0 Å². The van der Waals surface area contributed by atoms with Crippen molar-refractivity contribution in [2.75, 3.05) is 33.0 Å². The fourth-order valence-corrected chi connectivity index (χ4v) is 11.6. The first kappa shape index (κ1) is 75.4. The van der Waals surface area contributed by atoms with Gasteiger partial charge in [0.2, 0.25) is 17.7 Å². The van der Waals surface area contributed by atoms with E-state index in [1.165, 1.54) is 0 Å². The molecule has 3 aliphatic rings. The van der Waals surface area contributed by atoms with Gasteiger partial charge in [-0.3, -0.25) is 61.2 Å². The van der Waals surface area contributed by atoms with Crippen molar-refractivity contribution in [3.63, 3.8) is 0 Å². The second kappa shape index (κ2) is 33.3. The maximum atomic E-state index is 14.2. The van der Waals surface area contributed by atoms with E-state index in [0.29, 0.717) is 5.56 Å². The van der Waals surface area contributed by atoms with Gasteiger partial charge in [-0.1, -0.05) is 51.1 Å². The highest BCUT2D eigenvalue weighted by Crippen LogP contribution is 2.50. The van der Waals surface area contributed by atoms with Gasteiger partial charge in [-0.15, -0.1) is 0 Å². The minimum atomic E-state index is -5.75. The Bertz CT molecular complexity index is 2760. The number of esters is 6. The van der Waals surface area contributed by atoms with Crippen LogP contribution in [0, 0.1) is 0 Å². The van der Waals surface area contributed by atoms with Crippen LogP contribution in [0.5, 0.6) is 0 Å². The average Bonchev–Trinajstić information content (AvgIpc) is 1.06. The summed E-state index contributed by atoms with van der Waals surface area (Å²) in [5.41, 5.74) is 0.689. The monoisotopic (exact) mass is 1330 g/mol. The van der Waals surface area contributed by atoms with Gasteiger partial charge in [0.05, 0.1) is 26.4 Å². The molecule has 1 aromatic rings. The number of nitrogens with one attached hydrogen (secondary N) is 4.